The molecule has 0 aliphatic carbocycles. The number of aryl methyl sites for hydroxylation is 1. The molecule has 138 valence electrons. The van der Waals surface area contributed by atoms with Gasteiger partial charge in [0.15, 0.2) is 0 Å². The molecule has 3 rings (SSSR count). The Hall–Kier alpha value is -3.21. The molecule has 2 heterocycles. The Morgan fingerprint density at radius 2 is 1.89 bits per heavy atom. The van der Waals surface area contributed by atoms with E-state index >= 15 is 0 Å². The second-order valence-electron chi connectivity index (χ2n) is 6.75. The van der Waals surface area contributed by atoms with Crippen LogP contribution in [0.1, 0.15) is 47.1 Å². The van der Waals surface area contributed by atoms with Gasteiger partial charge in [-0.05, 0) is 48.2 Å². The van der Waals surface area contributed by atoms with Crippen molar-refractivity contribution in [2.75, 3.05) is 10.6 Å². The highest BCUT2D eigenvalue weighted by Gasteiger charge is 2.14. The average Bonchev–Trinajstić information content (AvgIpc) is 2.68. The van der Waals surface area contributed by atoms with E-state index < -0.39 is 0 Å². The lowest BCUT2D eigenvalue weighted by Gasteiger charge is -2.16. The minimum atomic E-state index is -0.215. The van der Waals surface area contributed by atoms with Crippen LogP contribution < -0.4 is 10.6 Å². The Labute approximate surface area is 159 Å². The smallest absolute Gasteiger partial charge is 0.274 e. The van der Waals surface area contributed by atoms with Gasteiger partial charge < -0.3 is 10.6 Å². The van der Waals surface area contributed by atoms with Gasteiger partial charge in [-0.3, -0.25) is 14.8 Å². The van der Waals surface area contributed by atoms with Gasteiger partial charge in [0.2, 0.25) is 0 Å². The van der Waals surface area contributed by atoms with Crippen LogP contribution in [-0.4, -0.2) is 15.9 Å². The number of aromatic nitrogens is 2. The topological polar surface area (TPSA) is 66.9 Å². The molecule has 0 saturated heterocycles. The molecule has 0 radical (unpaired) electrons. The summed E-state index contributed by atoms with van der Waals surface area (Å²) in [6, 6.07) is 15.4. The Morgan fingerprint density at radius 3 is 2.63 bits per heavy atom. The Morgan fingerprint density at radius 1 is 1.04 bits per heavy atom. The van der Waals surface area contributed by atoms with Crippen LogP contribution in [0.2, 0.25) is 0 Å². The van der Waals surface area contributed by atoms with E-state index in [4.69, 9.17) is 0 Å². The van der Waals surface area contributed by atoms with Crippen molar-refractivity contribution in [2.24, 2.45) is 0 Å². The average molecular weight is 360 g/mol. The monoisotopic (exact) mass is 360 g/mol. The van der Waals surface area contributed by atoms with E-state index in [0.717, 1.165) is 28.2 Å². The van der Waals surface area contributed by atoms with Crippen molar-refractivity contribution in [2.45, 2.75) is 33.2 Å². The number of para-hydroxylation sites is 1. The molecule has 0 saturated carbocycles. The third kappa shape index (κ3) is 4.70. The molecule has 0 aliphatic rings. The van der Waals surface area contributed by atoms with Gasteiger partial charge in [0.25, 0.3) is 5.91 Å². The maximum Gasteiger partial charge on any atom is 0.274 e. The van der Waals surface area contributed by atoms with Crippen molar-refractivity contribution in [3.05, 3.63) is 83.4 Å². The Kier molecular flexibility index (Phi) is 5.81. The van der Waals surface area contributed by atoms with Gasteiger partial charge in [-0.2, -0.15) is 0 Å². The molecule has 0 unspecified atom stereocenters. The number of amides is 1. The van der Waals surface area contributed by atoms with E-state index in [1.54, 1.807) is 18.5 Å². The molecular weight excluding hydrogens is 336 g/mol. The summed E-state index contributed by atoms with van der Waals surface area (Å²) in [6.07, 6.45) is 3.40. The number of carbonyl (C=O) groups excluding carboxylic acids is 1. The lowest BCUT2D eigenvalue weighted by atomic mass is 9.98. The zero-order chi connectivity index (χ0) is 19.2. The van der Waals surface area contributed by atoms with E-state index in [1.807, 2.05) is 49.4 Å². The molecule has 2 aromatic heterocycles. The van der Waals surface area contributed by atoms with Crippen molar-refractivity contribution >= 4 is 17.3 Å². The van der Waals surface area contributed by atoms with Gasteiger partial charge in [-0.1, -0.05) is 38.1 Å². The van der Waals surface area contributed by atoms with Crippen molar-refractivity contribution in [3.8, 4) is 0 Å². The minimum Gasteiger partial charge on any atom is -0.379 e. The number of nitrogens with zero attached hydrogens (tertiary/aromatic N) is 2. The van der Waals surface area contributed by atoms with Gasteiger partial charge in [0.1, 0.15) is 5.69 Å². The van der Waals surface area contributed by atoms with E-state index in [0.29, 0.717) is 18.2 Å². The van der Waals surface area contributed by atoms with Gasteiger partial charge >= 0.3 is 0 Å². The summed E-state index contributed by atoms with van der Waals surface area (Å²) in [6.45, 7) is 6.82. The number of hydrogen-bond donors (Lipinski definition) is 2. The molecule has 5 nitrogen and oxygen atoms in total. The number of hydrogen-bond acceptors (Lipinski definition) is 4. The van der Waals surface area contributed by atoms with Crippen LogP contribution in [0, 0.1) is 6.92 Å². The maximum atomic E-state index is 12.8. The standard InChI is InChI=1S/C22H24N4O/c1-15(2)19-9-6-7-16(3)21(19)26-22(27)20-13-17(10-12-24-20)25-14-18-8-4-5-11-23-18/h4-13,15H,14H2,1-3H3,(H,24,25)(H,26,27). The van der Waals surface area contributed by atoms with Crippen LogP contribution in [0.3, 0.4) is 0 Å². The van der Waals surface area contributed by atoms with Crippen molar-refractivity contribution < 1.29 is 4.79 Å². The molecular formula is C22H24N4O. The van der Waals surface area contributed by atoms with Crippen molar-refractivity contribution in [3.63, 3.8) is 0 Å². The molecule has 27 heavy (non-hydrogen) atoms. The van der Waals surface area contributed by atoms with Crippen LogP contribution in [-0.2, 0) is 6.54 Å². The van der Waals surface area contributed by atoms with Crippen molar-refractivity contribution in [1.29, 1.82) is 0 Å². The first-order valence-electron chi connectivity index (χ1n) is 9.05. The highest BCUT2D eigenvalue weighted by molar-refractivity contribution is 6.04. The number of benzene rings is 1. The maximum absolute atomic E-state index is 12.8. The number of anilines is 2. The van der Waals surface area contributed by atoms with Gasteiger partial charge in [0.05, 0.1) is 12.2 Å². The fourth-order valence-electron chi connectivity index (χ4n) is 2.88. The molecule has 2 N–H and O–H groups in total. The highest BCUT2D eigenvalue weighted by atomic mass is 16.1. The van der Waals surface area contributed by atoms with Crippen LogP contribution in [0.5, 0.6) is 0 Å². The van der Waals surface area contributed by atoms with Gasteiger partial charge in [-0.15, -0.1) is 0 Å². The molecule has 0 aliphatic heterocycles. The molecule has 0 atom stereocenters. The second kappa shape index (κ2) is 8.45. The first kappa shape index (κ1) is 18.6. The summed E-state index contributed by atoms with van der Waals surface area (Å²) in [5.41, 5.74) is 5.16. The first-order valence-corrected chi connectivity index (χ1v) is 9.05. The third-order valence-corrected chi connectivity index (χ3v) is 4.36. The fourth-order valence-corrected chi connectivity index (χ4v) is 2.88. The van der Waals surface area contributed by atoms with Crippen LogP contribution in [0.15, 0.2) is 60.9 Å². The van der Waals surface area contributed by atoms with Gasteiger partial charge in [-0.25, -0.2) is 0 Å². The lowest BCUT2D eigenvalue weighted by Crippen LogP contribution is -2.16. The predicted octanol–water partition coefficient (Wildman–Crippen LogP) is 4.77. The minimum absolute atomic E-state index is 0.215. The molecule has 1 amide bonds. The van der Waals surface area contributed by atoms with E-state index in [1.165, 1.54) is 0 Å². The molecule has 5 heteroatoms. The summed E-state index contributed by atoms with van der Waals surface area (Å²) in [5.74, 6) is 0.104. The molecule has 1 aromatic carbocycles. The van der Waals surface area contributed by atoms with E-state index in [9.17, 15) is 4.79 Å². The lowest BCUT2D eigenvalue weighted by molar-refractivity contribution is 0.102. The fraction of sp³-hybridized carbons (Fsp3) is 0.227. The Balaban J connectivity index is 1.74. The second-order valence-corrected chi connectivity index (χ2v) is 6.75. The molecule has 0 bridgehead atoms. The van der Waals surface area contributed by atoms with Crippen molar-refractivity contribution in [1.82, 2.24) is 9.97 Å². The van der Waals surface area contributed by atoms with E-state index in [-0.39, 0.29) is 5.91 Å². The van der Waals surface area contributed by atoms with Crippen LogP contribution in [0.4, 0.5) is 11.4 Å². The number of nitrogens with one attached hydrogen (secondary N) is 2. The normalized spacial score (nSPS) is 10.7. The predicted molar refractivity (Wildman–Crippen MR) is 109 cm³/mol. The SMILES string of the molecule is Cc1cccc(C(C)C)c1NC(=O)c1cc(NCc2ccccn2)ccn1. The summed E-state index contributed by atoms with van der Waals surface area (Å²) < 4.78 is 0. The zero-order valence-corrected chi connectivity index (χ0v) is 15.9. The van der Waals surface area contributed by atoms with Crippen LogP contribution >= 0.6 is 0 Å². The summed E-state index contributed by atoms with van der Waals surface area (Å²) in [7, 11) is 0. The molecule has 0 fully saturated rings. The highest BCUT2D eigenvalue weighted by Crippen LogP contribution is 2.27. The molecule has 3 aromatic rings. The first-order chi connectivity index (χ1) is 13.0. The third-order valence-electron chi connectivity index (χ3n) is 4.36. The largest absolute Gasteiger partial charge is 0.379 e. The number of carbonyl (C=O) groups is 1. The summed E-state index contributed by atoms with van der Waals surface area (Å²) in [4.78, 5) is 21.3. The number of rotatable bonds is 6. The quantitative estimate of drug-likeness (QED) is 0.664. The molecule has 0 spiro atoms. The summed E-state index contributed by atoms with van der Waals surface area (Å²) >= 11 is 0. The summed E-state index contributed by atoms with van der Waals surface area (Å²) in [5, 5.41) is 6.31. The van der Waals surface area contributed by atoms with Crippen LogP contribution in [0.25, 0.3) is 0 Å². The van der Waals surface area contributed by atoms with E-state index in [2.05, 4.69) is 34.4 Å². The van der Waals surface area contributed by atoms with Gasteiger partial charge in [0, 0.05) is 23.8 Å². The zero-order valence-electron chi connectivity index (χ0n) is 15.9. The number of pyridine rings is 2. The Bertz CT molecular complexity index is 923.